The number of hydrogen-bond donors (Lipinski definition) is 0. The number of nitrogens with zero attached hydrogens (tertiary/aromatic N) is 5. The molecule has 8 aromatic carbocycles. The second-order valence-corrected chi connectivity index (χ2v) is 14.9. The first-order valence-corrected chi connectivity index (χ1v) is 19.7. The van der Waals surface area contributed by atoms with Gasteiger partial charge in [0.25, 0.3) is 0 Å². The zero-order valence-corrected chi connectivity index (χ0v) is 32.0. The molecule has 0 bridgehead atoms. The summed E-state index contributed by atoms with van der Waals surface area (Å²) in [6.07, 6.45) is 0. The van der Waals surface area contributed by atoms with E-state index in [1.54, 1.807) is 6.07 Å². The molecule has 1 spiro atoms. The summed E-state index contributed by atoms with van der Waals surface area (Å²) >= 11 is 0. The van der Waals surface area contributed by atoms with Gasteiger partial charge in [0.05, 0.1) is 34.2 Å². The van der Waals surface area contributed by atoms with Gasteiger partial charge in [-0.25, -0.2) is 15.0 Å². The van der Waals surface area contributed by atoms with Crippen LogP contribution in [-0.4, -0.2) is 15.0 Å². The maximum Gasteiger partial charge on any atom is 0.167 e. The van der Waals surface area contributed by atoms with Crippen LogP contribution in [0.3, 0.4) is 0 Å². The Hall–Kier alpha value is -8.45. The maximum absolute atomic E-state index is 9.65. The van der Waals surface area contributed by atoms with Crippen molar-refractivity contribution in [1.29, 1.82) is 10.5 Å². The van der Waals surface area contributed by atoms with E-state index >= 15 is 0 Å². The Labute approximate surface area is 347 Å². The van der Waals surface area contributed by atoms with Gasteiger partial charge < -0.3 is 4.74 Å². The smallest absolute Gasteiger partial charge is 0.167 e. The van der Waals surface area contributed by atoms with Crippen LogP contribution in [0.15, 0.2) is 188 Å². The molecule has 6 nitrogen and oxygen atoms in total. The molecule has 0 atom stereocenters. The van der Waals surface area contributed by atoms with Gasteiger partial charge in [-0.1, -0.05) is 164 Å². The first-order valence-electron chi connectivity index (χ1n) is 19.7. The average molecular weight is 766 g/mol. The van der Waals surface area contributed by atoms with Gasteiger partial charge in [0, 0.05) is 27.8 Å². The van der Waals surface area contributed by atoms with E-state index in [0.717, 1.165) is 55.8 Å². The molecule has 1 aliphatic heterocycles. The number of benzene rings is 8. The minimum Gasteiger partial charge on any atom is -0.455 e. The van der Waals surface area contributed by atoms with Gasteiger partial charge in [-0.05, 0) is 63.2 Å². The van der Waals surface area contributed by atoms with E-state index in [2.05, 4.69) is 103 Å². The minimum absolute atomic E-state index is 0.445. The molecule has 0 radical (unpaired) electrons. The molecule has 0 N–H and O–H groups in total. The van der Waals surface area contributed by atoms with E-state index in [-0.39, 0.29) is 0 Å². The molecule has 0 amide bonds. The molecule has 0 fully saturated rings. The molecule has 1 aromatic heterocycles. The Balaban J connectivity index is 1.16. The van der Waals surface area contributed by atoms with Crippen LogP contribution in [0, 0.1) is 22.7 Å². The van der Waals surface area contributed by atoms with Crippen molar-refractivity contribution < 1.29 is 4.74 Å². The fourth-order valence-electron chi connectivity index (χ4n) is 9.05. The van der Waals surface area contributed by atoms with Crippen molar-refractivity contribution in [3.05, 3.63) is 221 Å². The van der Waals surface area contributed by atoms with Crippen LogP contribution in [-0.2, 0) is 5.41 Å². The molecule has 9 aromatic rings. The Morgan fingerprint density at radius 2 is 0.783 bits per heavy atom. The molecule has 278 valence electrons. The summed E-state index contributed by atoms with van der Waals surface area (Å²) in [7, 11) is 0. The minimum atomic E-state index is -0.731. The van der Waals surface area contributed by atoms with E-state index in [4.69, 9.17) is 19.7 Å². The Bertz CT molecular complexity index is 3120. The van der Waals surface area contributed by atoms with Crippen molar-refractivity contribution in [2.45, 2.75) is 5.41 Å². The molecule has 0 saturated carbocycles. The van der Waals surface area contributed by atoms with Crippen LogP contribution in [0.25, 0.3) is 67.5 Å². The van der Waals surface area contributed by atoms with Crippen molar-refractivity contribution in [1.82, 2.24) is 15.0 Å². The Morgan fingerprint density at radius 1 is 0.350 bits per heavy atom. The quantitative estimate of drug-likeness (QED) is 0.173. The first kappa shape index (κ1) is 34.8. The van der Waals surface area contributed by atoms with E-state index in [9.17, 15) is 10.5 Å². The monoisotopic (exact) mass is 765 g/mol. The van der Waals surface area contributed by atoms with Gasteiger partial charge in [-0.15, -0.1) is 0 Å². The molecule has 2 aliphatic rings. The number of para-hydroxylation sites is 2. The van der Waals surface area contributed by atoms with Crippen molar-refractivity contribution in [3.63, 3.8) is 0 Å². The van der Waals surface area contributed by atoms with Crippen molar-refractivity contribution in [2.24, 2.45) is 0 Å². The summed E-state index contributed by atoms with van der Waals surface area (Å²) in [6, 6.07) is 68.0. The lowest BCUT2D eigenvalue weighted by Crippen LogP contribution is -2.32. The van der Waals surface area contributed by atoms with Crippen LogP contribution in [0.1, 0.15) is 33.4 Å². The molecular weight excluding hydrogens is 735 g/mol. The molecule has 60 heavy (non-hydrogen) atoms. The predicted molar refractivity (Wildman–Crippen MR) is 234 cm³/mol. The molecule has 6 heteroatoms. The number of fused-ring (bicyclic) bond motifs is 9. The summed E-state index contributed by atoms with van der Waals surface area (Å²) in [5, 5.41) is 19.3. The van der Waals surface area contributed by atoms with E-state index in [1.807, 2.05) is 91.0 Å². The fourth-order valence-corrected chi connectivity index (χ4v) is 9.05. The van der Waals surface area contributed by atoms with Gasteiger partial charge in [0.2, 0.25) is 0 Å². The molecule has 0 saturated heterocycles. The zero-order chi connectivity index (χ0) is 40.2. The van der Waals surface area contributed by atoms with Gasteiger partial charge in [-0.3, -0.25) is 0 Å². The number of nitriles is 2. The second-order valence-electron chi connectivity index (χ2n) is 14.9. The zero-order valence-electron chi connectivity index (χ0n) is 32.0. The third kappa shape index (κ3) is 5.36. The number of rotatable bonds is 5. The topological polar surface area (TPSA) is 95.5 Å². The van der Waals surface area contributed by atoms with E-state index in [0.29, 0.717) is 34.3 Å². The third-order valence-electron chi connectivity index (χ3n) is 11.7. The van der Waals surface area contributed by atoms with Gasteiger partial charge in [0.1, 0.15) is 11.5 Å². The van der Waals surface area contributed by atoms with Crippen LogP contribution >= 0.6 is 0 Å². The number of aromatic nitrogens is 3. The van der Waals surface area contributed by atoms with Gasteiger partial charge in [0.15, 0.2) is 17.5 Å². The summed E-state index contributed by atoms with van der Waals surface area (Å²) in [4.78, 5) is 15.3. The van der Waals surface area contributed by atoms with Gasteiger partial charge in [-0.2, -0.15) is 10.5 Å². The maximum atomic E-state index is 9.65. The summed E-state index contributed by atoms with van der Waals surface area (Å²) in [6.45, 7) is 0. The standard InChI is InChI=1S/C54H31N5O/c55-32-34-29-35(33-56)31-40(30-34)36-25-27-37(28-26-36)41-19-11-23-47-49(41)60-50-44(53-58-51(38-13-3-1-4-14-38)57-52(59-53)39-15-5-2-6-16-39)20-12-24-48(50)54(47)45-21-9-7-17-42(45)43-18-8-10-22-46(43)54/h1-31H. The summed E-state index contributed by atoms with van der Waals surface area (Å²) in [5.74, 6) is 3.08. The normalized spacial score (nSPS) is 12.6. The molecule has 0 unspecified atom stereocenters. The largest absolute Gasteiger partial charge is 0.455 e. The summed E-state index contributed by atoms with van der Waals surface area (Å²) < 4.78 is 7.36. The Kier molecular flexibility index (Phi) is 8.05. The van der Waals surface area contributed by atoms with E-state index in [1.165, 1.54) is 22.3 Å². The van der Waals surface area contributed by atoms with Crippen LogP contribution < -0.4 is 4.74 Å². The van der Waals surface area contributed by atoms with Crippen LogP contribution in [0.4, 0.5) is 0 Å². The Morgan fingerprint density at radius 3 is 1.33 bits per heavy atom. The highest BCUT2D eigenvalue weighted by molar-refractivity contribution is 5.92. The van der Waals surface area contributed by atoms with Gasteiger partial charge >= 0.3 is 0 Å². The predicted octanol–water partition coefficient (Wildman–Crippen LogP) is 12.4. The number of hydrogen-bond acceptors (Lipinski definition) is 6. The van der Waals surface area contributed by atoms with Crippen molar-refractivity contribution >= 4 is 0 Å². The second kappa shape index (κ2) is 13.9. The number of ether oxygens (including phenoxy) is 1. The lowest BCUT2D eigenvalue weighted by Gasteiger charge is -2.40. The first-order chi connectivity index (χ1) is 29.6. The average Bonchev–Trinajstić information content (AvgIpc) is 3.62. The van der Waals surface area contributed by atoms with Crippen LogP contribution in [0.5, 0.6) is 11.5 Å². The lowest BCUT2D eigenvalue weighted by molar-refractivity contribution is 0.439. The SMILES string of the molecule is N#Cc1cc(C#N)cc(-c2ccc(-c3cccc4c3Oc3c(-c5nc(-c6ccccc6)nc(-c6ccccc6)n5)cccc3C43c4ccccc4-c4ccccc43)cc2)c1. The molecular formula is C54H31N5O. The highest BCUT2D eigenvalue weighted by Gasteiger charge is 2.52. The molecule has 1 aliphatic carbocycles. The third-order valence-corrected chi connectivity index (χ3v) is 11.7. The van der Waals surface area contributed by atoms with E-state index < -0.39 is 5.41 Å². The van der Waals surface area contributed by atoms with Crippen molar-refractivity contribution in [2.75, 3.05) is 0 Å². The van der Waals surface area contributed by atoms with Crippen molar-refractivity contribution in [3.8, 4) is 91.2 Å². The van der Waals surface area contributed by atoms with Crippen LogP contribution in [0.2, 0.25) is 0 Å². The highest BCUT2D eigenvalue weighted by atomic mass is 16.5. The molecule has 11 rings (SSSR count). The fraction of sp³-hybridized carbons (Fsp3) is 0.0185. The summed E-state index contributed by atoms with van der Waals surface area (Å²) in [5.41, 5.74) is 13.1. The molecule has 2 heterocycles. The highest BCUT2D eigenvalue weighted by Crippen LogP contribution is 2.64. The lowest BCUT2D eigenvalue weighted by atomic mass is 9.65.